The van der Waals surface area contributed by atoms with Crippen LogP contribution in [0.3, 0.4) is 0 Å². The molecule has 3 rings (SSSR count). The van der Waals surface area contributed by atoms with Crippen LogP contribution in [0.5, 0.6) is 0 Å². The number of amides is 1. The first-order valence-electron chi connectivity index (χ1n) is 7.34. The maximum Gasteiger partial charge on any atom is 0.267 e. The number of carbonyl (C=O) groups excluding carboxylic acids is 1. The normalized spacial score (nSPS) is 20.4. The molecule has 3 heterocycles. The van der Waals surface area contributed by atoms with E-state index in [1.807, 2.05) is 4.90 Å². The highest BCUT2D eigenvalue weighted by molar-refractivity contribution is 7.18. The number of nitrogens with two attached hydrogens (primary N) is 1. The summed E-state index contributed by atoms with van der Waals surface area (Å²) in [6.07, 6.45) is 0.870. The Morgan fingerprint density at radius 2 is 2.05 bits per heavy atom. The van der Waals surface area contributed by atoms with E-state index in [2.05, 4.69) is 15.2 Å². The highest BCUT2D eigenvalue weighted by Gasteiger charge is 2.25. The lowest BCUT2D eigenvalue weighted by Crippen LogP contribution is -2.43. The van der Waals surface area contributed by atoms with Crippen LogP contribution in [0, 0.1) is 0 Å². The summed E-state index contributed by atoms with van der Waals surface area (Å²) in [5.74, 6) is 0.334. The van der Waals surface area contributed by atoms with Gasteiger partial charge in [0.25, 0.3) is 5.91 Å². The van der Waals surface area contributed by atoms with Gasteiger partial charge in [0.05, 0.1) is 6.61 Å². The lowest BCUT2D eigenvalue weighted by molar-refractivity contribution is 0.0747. The van der Waals surface area contributed by atoms with Gasteiger partial charge < -0.3 is 25.6 Å². The number of piperazine rings is 1. The first-order valence-corrected chi connectivity index (χ1v) is 8.16. The Morgan fingerprint density at radius 1 is 1.24 bits per heavy atom. The molecule has 0 radical (unpaired) electrons. The molecule has 1 amide bonds. The van der Waals surface area contributed by atoms with Gasteiger partial charge in [0.1, 0.15) is 10.7 Å². The number of carbonyl (C=O) groups is 1. The maximum absolute atomic E-state index is 12.6. The number of anilines is 2. The van der Waals surface area contributed by atoms with Gasteiger partial charge in [0.15, 0.2) is 5.13 Å². The first kappa shape index (κ1) is 14.6. The Morgan fingerprint density at radius 3 is 2.86 bits per heavy atom. The molecule has 0 aliphatic carbocycles. The molecule has 7 nitrogen and oxygen atoms in total. The summed E-state index contributed by atoms with van der Waals surface area (Å²) >= 11 is 1.40. The van der Waals surface area contributed by atoms with E-state index >= 15 is 0 Å². The highest BCUT2D eigenvalue weighted by Crippen LogP contribution is 2.29. The standard InChI is InChI=1S/C13H21N5O2S/c14-11-10(12(19)17-4-1-8-20-9-7-17)21-13(16-11)18-5-2-15-3-6-18/h15H,1-9,14H2. The van der Waals surface area contributed by atoms with E-state index in [0.717, 1.165) is 44.3 Å². The molecule has 0 spiro atoms. The minimum absolute atomic E-state index is 0.0168. The molecule has 0 saturated carbocycles. The predicted octanol–water partition coefficient (Wildman–Crippen LogP) is -0.00260. The average Bonchev–Trinajstić information content (AvgIpc) is 2.74. The summed E-state index contributed by atoms with van der Waals surface area (Å²) < 4.78 is 5.39. The van der Waals surface area contributed by atoms with Crippen molar-refractivity contribution in [3.8, 4) is 0 Å². The fourth-order valence-corrected chi connectivity index (χ4v) is 3.56. The third kappa shape index (κ3) is 3.28. The number of nitrogens with one attached hydrogen (secondary N) is 1. The molecule has 21 heavy (non-hydrogen) atoms. The van der Waals surface area contributed by atoms with Crippen molar-refractivity contribution in [3.05, 3.63) is 4.88 Å². The van der Waals surface area contributed by atoms with Gasteiger partial charge in [0, 0.05) is 45.9 Å². The van der Waals surface area contributed by atoms with Crippen LogP contribution in [0.4, 0.5) is 10.9 Å². The van der Waals surface area contributed by atoms with E-state index in [1.165, 1.54) is 11.3 Å². The van der Waals surface area contributed by atoms with E-state index in [-0.39, 0.29) is 5.91 Å². The predicted molar refractivity (Wildman–Crippen MR) is 82.9 cm³/mol. The zero-order valence-electron chi connectivity index (χ0n) is 12.0. The Bertz CT molecular complexity index is 493. The van der Waals surface area contributed by atoms with Crippen LogP contribution < -0.4 is 16.0 Å². The van der Waals surface area contributed by atoms with Crippen LogP contribution in [0.15, 0.2) is 0 Å². The molecule has 0 unspecified atom stereocenters. The molecule has 3 N–H and O–H groups in total. The Hall–Kier alpha value is -1.38. The van der Waals surface area contributed by atoms with E-state index in [9.17, 15) is 4.79 Å². The van der Waals surface area contributed by atoms with Crippen LogP contribution in [0.25, 0.3) is 0 Å². The van der Waals surface area contributed by atoms with Gasteiger partial charge in [0.2, 0.25) is 0 Å². The average molecular weight is 311 g/mol. The fourth-order valence-electron chi connectivity index (χ4n) is 2.56. The minimum atomic E-state index is -0.0168. The van der Waals surface area contributed by atoms with E-state index in [0.29, 0.717) is 30.5 Å². The van der Waals surface area contributed by atoms with E-state index in [1.54, 1.807) is 0 Å². The van der Waals surface area contributed by atoms with Crippen LogP contribution in [-0.4, -0.2) is 68.3 Å². The Kier molecular flexibility index (Phi) is 4.57. The topological polar surface area (TPSA) is 83.7 Å². The lowest BCUT2D eigenvalue weighted by atomic mass is 10.3. The van der Waals surface area contributed by atoms with Gasteiger partial charge in [-0.2, -0.15) is 0 Å². The highest BCUT2D eigenvalue weighted by atomic mass is 32.1. The molecule has 116 valence electrons. The van der Waals surface area contributed by atoms with Crippen LogP contribution in [-0.2, 0) is 4.74 Å². The molecule has 1 aromatic heterocycles. The van der Waals surface area contributed by atoms with Crippen molar-refractivity contribution in [2.24, 2.45) is 0 Å². The van der Waals surface area contributed by atoms with Crippen molar-refractivity contribution in [2.45, 2.75) is 6.42 Å². The summed E-state index contributed by atoms with van der Waals surface area (Å²) in [7, 11) is 0. The SMILES string of the molecule is Nc1nc(N2CCNCC2)sc1C(=O)N1CCCOCC1. The summed E-state index contributed by atoms with van der Waals surface area (Å²) in [5, 5.41) is 4.15. The third-order valence-corrected chi connectivity index (χ3v) is 4.85. The summed E-state index contributed by atoms with van der Waals surface area (Å²) in [6.45, 7) is 6.33. The van der Waals surface area contributed by atoms with Gasteiger partial charge in [-0.25, -0.2) is 4.98 Å². The molecule has 0 aromatic carbocycles. The Balaban J connectivity index is 1.74. The van der Waals surface area contributed by atoms with Gasteiger partial charge >= 0.3 is 0 Å². The quantitative estimate of drug-likeness (QED) is 0.800. The third-order valence-electron chi connectivity index (χ3n) is 3.73. The zero-order valence-corrected chi connectivity index (χ0v) is 12.8. The number of nitrogens with zero attached hydrogens (tertiary/aromatic N) is 3. The second kappa shape index (κ2) is 6.59. The maximum atomic E-state index is 12.6. The molecule has 1 aromatic rings. The second-order valence-electron chi connectivity index (χ2n) is 5.21. The van der Waals surface area contributed by atoms with E-state index < -0.39 is 0 Å². The van der Waals surface area contributed by atoms with Crippen molar-refractivity contribution in [1.82, 2.24) is 15.2 Å². The molecular formula is C13H21N5O2S. The number of ether oxygens (including phenoxy) is 1. The smallest absolute Gasteiger partial charge is 0.267 e. The molecule has 2 aliphatic heterocycles. The zero-order chi connectivity index (χ0) is 14.7. The minimum Gasteiger partial charge on any atom is -0.382 e. The van der Waals surface area contributed by atoms with Crippen molar-refractivity contribution in [3.63, 3.8) is 0 Å². The van der Waals surface area contributed by atoms with Gasteiger partial charge in [-0.1, -0.05) is 11.3 Å². The van der Waals surface area contributed by atoms with Crippen molar-refractivity contribution >= 4 is 28.2 Å². The number of hydrogen-bond donors (Lipinski definition) is 2. The fraction of sp³-hybridized carbons (Fsp3) is 0.692. The van der Waals surface area contributed by atoms with Crippen molar-refractivity contribution < 1.29 is 9.53 Å². The molecule has 0 bridgehead atoms. The second-order valence-corrected chi connectivity index (χ2v) is 6.18. The molecule has 8 heteroatoms. The van der Waals surface area contributed by atoms with Crippen LogP contribution >= 0.6 is 11.3 Å². The first-order chi connectivity index (χ1) is 10.3. The molecule has 2 saturated heterocycles. The number of thiazole rings is 1. The van der Waals surface area contributed by atoms with Gasteiger partial charge in [-0.15, -0.1) is 0 Å². The van der Waals surface area contributed by atoms with Crippen LogP contribution in [0.2, 0.25) is 0 Å². The summed E-state index contributed by atoms with van der Waals surface area (Å²) in [6, 6.07) is 0. The Labute approximate surface area is 128 Å². The molecular weight excluding hydrogens is 290 g/mol. The van der Waals surface area contributed by atoms with Crippen molar-refractivity contribution in [1.29, 1.82) is 0 Å². The summed E-state index contributed by atoms with van der Waals surface area (Å²) in [5.41, 5.74) is 5.97. The van der Waals surface area contributed by atoms with E-state index in [4.69, 9.17) is 10.5 Å². The number of hydrogen-bond acceptors (Lipinski definition) is 7. The largest absolute Gasteiger partial charge is 0.382 e. The molecule has 2 fully saturated rings. The van der Waals surface area contributed by atoms with Crippen LogP contribution in [0.1, 0.15) is 16.1 Å². The molecule has 2 aliphatic rings. The van der Waals surface area contributed by atoms with Gasteiger partial charge in [-0.05, 0) is 6.42 Å². The number of rotatable bonds is 2. The summed E-state index contributed by atoms with van der Waals surface area (Å²) in [4.78, 5) is 21.5. The number of aromatic nitrogens is 1. The van der Waals surface area contributed by atoms with Crippen molar-refractivity contribution in [2.75, 3.05) is 63.1 Å². The number of nitrogen functional groups attached to an aromatic ring is 1. The lowest BCUT2D eigenvalue weighted by Gasteiger charge is -2.26. The molecule has 0 atom stereocenters. The van der Waals surface area contributed by atoms with Gasteiger partial charge in [-0.3, -0.25) is 4.79 Å². The monoisotopic (exact) mass is 311 g/mol.